The van der Waals surface area contributed by atoms with Crippen LogP contribution in [0, 0.1) is 0 Å². The molecule has 1 N–H and O–H groups in total. The lowest BCUT2D eigenvalue weighted by Crippen LogP contribution is -2.50. The molecule has 0 saturated carbocycles. The highest BCUT2D eigenvalue weighted by Gasteiger charge is 2.22. The lowest BCUT2D eigenvalue weighted by atomic mass is 10.1. The van der Waals surface area contributed by atoms with Gasteiger partial charge in [0.15, 0.2) is 11.6 Å². The molecule has 2 aliphatic rings. The van der Waals surface area contributed by atoms with Crippen molar-refractivity contribution < 1.29 is 4.79 Å². The van der Waals surface area contributed by atoms with Crippen molar-refractivity contribution in [3.63, 3.8) is 0 Å². The number of nitrogens with one attached hydrogen (secondary N) is 1. The van der Waals surface area contributed by atoms with Crippen LogP contribution in [-0.2, 0) is 6.42 Å². The maximum atomic E-state index is 12.6. The molecular weight excluding hydrogens is 376 g/mol. The number of anilines is 3. The molecule has 2 fully saturated rings. The van der Waals surface area contributed by atoms with Gasteiger partial charge in [-0.3, -0.25) is 0 Å². The number of hydrogen-bond donors (Lipinski definition) is 1. The number of hydrogen-bond acceptors (Lipinski definition) is 5. The molecule has 0 aliphatic carbocycles. The summed E-state index contributed by atoms with van der Waals surface area (Å²) in [7, 11) is 0. The zero-order chi connectivity index (χ0) is 20.8. The van der Waals surface area contributed by atoms with Gasteiger partial charge in [0.2, 0.25) is 0 Å². The molecule has 7 heteroatoms. The third-order valence-corrected chi connectivity index (χ3v) is 6.07. The Bertz CT molecular complexity index is 807. The molecule has 30 heavy (non-hydrogen) atoms. The van der Waals surface area contributed by atoms with E-state index in [1.807, 2.05) is 17.0 Å². The Hall–Kier alpha value is -2.83. The van der Waals surface area contributed by atoms with Crippen molar-refractivity contribution in [2.75, 3.05) is 54.4 Å². The minimum atomic E-state index is -0.0403. The molecule has 0 unspecified atom stereocenters. The minimum absolute atomic E-state index is 0.0403. The third-order valence-electron chi connectivity index (χ3n) is 6.07. The molecule has 3 heterocycles. The van der Waals surface area contributed by atoms with Crippen LogP contribution < -0.4 is 15.1 Å². The summed E-state index contributed by atoms with van der Waals surface area (Å²) >= 11 is 0. The minimum Gasteiger partial charge on any atom is -0.355 e. The van der Waals surface area contributed by atoms with Gasteiger partial charge < -0.3 is 20.0 Å². The first-order chi connectivity index (χ1) is 14.7. The molecule has 0 radical (unpaired) electrons. The number of rotatable bonds is 4. The van der Waals surface area contributed by atoms with Gasteiger partial charge in [-0.1, -0.05) is 31.9 Å². The fourth-order valence-corrected chi connectivity index (χ4v) is 4.12. The van der Waals surface area contributed by atoms with E-state index >= 15 is 0 Å². The summed E-state index contributed by atoms with van der Waals surface area (Å²) < 4.78 is 0. The fraction of sp³-hybridized carbons (Fsp3) is 0.522. The van der Waals surface area contributed by atoms with Crippen molar-refractivity contribution in [1.29, 1.82) is 0 Å². The Labute approximate surface area is 179 Å². The normalized spacial score (nSPS) is 17.6. The van der Waals surface area contributed by atoms with Gasteiger partial charge in [-0.2, -0.15) is 0 Å². The molecule has 1 aromatic carbocycles. The van der Waals surface area contributed by atoms with Gasteiger partial charge in [-0.05, 0) is 49.1 Å². The van der Waals surface area contributed by atoms with Crippen LogP contribution in [0.25, 0.3) is 0 Å². The maximum Gasteiger partial charge on any atom is 0.321 e. The van der Waals surface area contributed by atoms with Crippen LogP contribution in [-0.4, -0.2) is 60.4 Å². The molecule has 0 atom stereocenters. The average molecular weight is 409 g/mol. The maximum absolute atomic E-state index is 12.6. The van der Waals surface area contributed by atoms with Crippen LogP contribution in [0.2, 0.25) is 0 Å². The fourth-order valence-electron chi connectivity index (χ4n) is 4.12. The topological polar surface area (TPSA) is 64.6 Å². The summed E-state index contributed by atoms with van der Waals surface area (Å²) in [6.45, 7) is 7.15. The number of carbonyl (C=O) groups is 1. The first kappa shape index (κ1) is 20.4. The first-order valence-corrected chi connectivity index (χ1v) is 11.2. The lowest BCUT2D eigenvalue weighted by Gasteiger charge is -2.35. The molecule has 2 aliphatic heterocycles. The number of aryl methyl sites for hydroxylation is 1. The Morgan fingerprint density at radius 3 is 1.90 bits per heavy atom. The van der Waals surface area contributed by atoms with Gasteiger partial charge in [0, 0.05) is 45.0 Å². The lowest BCUT2D eigenvalue weighted by molar-refractivity contribution is 0.208. The second kappa shape index (κ2) is 9.78. The van der Waals surface area contributed by atoms with Crippen molar-refractivity contribution in [1.82, 2.24) is 15.1 Å². The van der Waals surface area contributed by atoms with Gasteiger partial charge in [0.05, 0.1) is 0 Å². The SMILES string of the molecule is CCc1ccc(NC(=O)N2CCN(c3ccc(N4CCCCCC4)nn3)CC2)cc1. The molecule has 2 amide bonds. The van der Waals surface area contributed by atoms with Gasteiger partial charge in [-0.15, -0.1) is 10.2 Å². The molecule has 2 saturated heterocycles. The second-order valence-corrected chi connectivity index (χ2v) is 8.11. The van der Waals surface area contributed by atoms with E-state index in [0.717, 1.165) is 49.9 Å². The van der Waals surface area contributed by atoms with Crippen molar-refractivity contribution in [3.05, 3.63) is 42.0 Å². The van der Waals surface area contributed by atoms with Crippen LogP contribution in [0.1, 0.15) is 38.2 Å². The van der Waals surface area contributed by atoms with E-state index in [4.69, 9.17) is 0 Å². The molecule has 160 valence electrons. The van der Waals surface area contributed by atoms with Crippen molar-refractivity contribution in [2.45, 2.75) is 39.0 Å². The zero-order valence-corrected chi connectivity index (χ0v) is 17.9. The predicted octanol–water partition coefficient (Wildman–Crippen LogP) is 3.77. The Morgan fingerprint density at radius 2 is 1.37 bits per heavy atom. The number of aromatic nitrogens is 2. The number of carbonyl (C=O) groups excluding carboxylic acids is 1. The first-order valence-electron chi connectivity index (χ1n) is 11.2. The summed E-state index contributed by atoms with van der Waals surface area (Å²) in [5.74, 6) is 1.87. The molecule has 0 bridgehead atoms. The van der Waals surface area contributed by atoms with Crippen LogP contribution in [0.5, 0.6) is 0 Å². The van der Waals surface area contributed by atoms with Gasteiger partial charge >= 0.3 is 6.03 Å². The zero-order valence-electron chi connectivity index (χ0n) is 17.9. The number of amides is 2. The van der Waals surface area contributed by atoms with E-state index in [1.54, 1.807) is 0 Å². The van der Waals surface area contributed by atoms with Crippen molar-refractivity contribution >= 4 is 23.4 Å². The van der Waals surface area contributed by atoms with Crippen molar-refractivity contribution in [3.8, 4) is 0 Å². The molecule has 7 nitrogen and oxygen atoms in total. The summed E-state index contributed by atoms with van der Waals surface area (Å²) in [6.07, 6.45) is 6.08. The second-order valence-electron chi connectivity index (χ2n) is 8.11. The monoisotopic (exact) mass is 408 g/mol. The molecule has 1 aromatic heterocycles. The number of nitrogens with zero attached hydrogens (tertiary/aromatic N) is 5. The van der Waals surface area contributed by atoms with Crippen LogP contribution in [0.15, 0.2) is 36.4 Å². The Balaban J connectivity index is 1.28. The van der Waals surface area contributed by atoms with E-state index in [1.165, 1.54) is 31.2 Å². The van der Waals surface area contributed by atoms with Crippen molar-refractivity contribution in [2.24, 2.45) is 0 Å². The molecular formula is C23H32N6O. The Kier molecular flexibility index (Phi) is 6.67. The largest absolute Gasteiger partial charge is 0.355 e. The van der Waals surface area contributed by atoms with Crippen LogP contribution >= 0.6 is 0 Å². The van der Waals surface area contributed by atoms with Crippen LogP contribution in [0.3, 0.4) is 0 Å². The van der Waals surface area contributed by atoms with Gasteiger partial charge in [0.25, 0.3) is 0 Å². The van der Waals surface area contributed by atoms with Gasteiger partial charge in [0.1, 0.15) is 0 Å². The Morgan fingerprint density at radius 1 is 0.800 bits per heavy atom. The van der Waals surface area contributed by atoms with Crippen LogP contribution in [0.4, 0.5) is 22.1 Å². The van der Waals surface area contributed by atoms with E-state index in [0.29, 0.717) is 13.1 Å². The summed E-state index contributed by atoms with van der Waals surface area (Å²) in [4.78, 5) is 19.0. The van der Waals surface area contributed by atoms with E-state index in [9.17, 15) is 4.79 Å². The highest BCUT2D eigenvalue weighted by Crippen LogP contribution is 2.20. The average Bonchev–Trinajstić information content (AvgIpc) is 3.09. The third kappa shape index (κ3) is 5.01. The molecule has 0 spiro atoms. The molecule has 4 rings (SSSR count). The predicted molar refractivity (Wildman–Crippen MR) is 121 cm³/mol. The summed E-state index contributed by atoms with van der Waals surface area (Å²) in [5, 5.41) is 12.0. The number of urea groups is 1. The number of piperazine rings is 1. The summed E-state index contributed by atoms with van der Waals surface area (Å²) in [5.41, 5.74) is 2.11. The van der Waals surface area contributed by atoms with E-state index in [2.05, 4.69) is 56.5 Å². The highest BCUT2D eigenvalue weighted by molar-refractivity contribution is 5.89. The summed E-state index contributed by atoms with van der Waals surface area (Å²) in [6, 6.07) is 12.2. The van der Waals surface area contributed by atoms with E-state index in [-0.39, 0.29) is 6.03 Å². The van der Waals surface area contributed by atoms with Gasteiger partial charge in [-0.25, -0.2) is 4.79 Å². The quantitative estimate of drug-likeness (QED) is 0.834. The smallest absolute Gasteiger partial charge is 0.321 e. The van der Waals surface area contributed by atoms with E-state index < -0.39 is 0 Å². The highest BCUT2D eigenvalue weighted by atomic mass is 16.2. The number of benzene rings is 1. The standard InChI is InChI=1S/C23H32N6O/c1-2-19-7-9-20(10-8-19)24-23(30)29-17-15-28(16-18-29)22-12-11-21(25-26-22)27-13-5-3-4-6-14-27/h7-12H,2-6,13-18H2,1H3,(H,24,30). The molecule has 2 aromatic rings.